The third-order valence-corrected chi connectivity index (χ3v) is 4.60. The summed E-state index contributed by atoms with van der Waals surface area (Å²) in [5.74, 6) is -0.300. The molecule has 0 saturated carbocycles. The normalized spacial score (nSPS) is 16.7. The summed E-state index contributed by atoms with van der Waals surface area (Å²) in [4.78, 5) is 37.5. The number of nitrogens with one attached hydrogen (secondary N) is 3. The van der Waals surface area contributed by atoms with Crippen molar-refractivity contribution in [3.8, 4) is 0 Å². The highest BCUT2D eigenvalue weighted by molar-refractivity contribution is 5.96. The molecule has 1 atom stereocenters. The maximum atomic E-state index is 12.3. The monoisotopic (exact) mass is 346 g/mol. The van der Waals surface area contributed by atoms with Gasteiger partial charge in [0.15, 0.2) is 0 Å². The Balaban J connectivity index is 1.75. The van der Waals surface area contributed by atoms with Gasteiger partial charge < -0.3 is 10.6 Å². The molecule has 7 nitrogen and oxygen atoms in total. The molecular formula is C18H26N4O3. The van der Waals surface area contributed by atoms with Crippen LogP contribution in [0.5, 0.6) is 0 Å². The van der Waals surface area contributed by atoms with E-state index in [0.29, 0.717) is 32.5 Å². The number of imide groups is 1. The molecule has 7 heteroatoms. The molecule has 0 bridgehead atoms. The van der Waals surface area contributed by atoms with Crippen molar-refractivity contribution in [1.82, 2.24) is 20.9 Å². The molecule has 0 radical (unpaired) electrons. The van der Waals surface area contributed by atoms with Crippen LogP contribution >= 0.6 is 0 Å². The smallest absolute Gasteiger partial charge is 0.321 e. The average Bonchev–Trinajstić information content (AvgIpc) is 2.66. The minimum Gasteiger partial charge on any atom is -0.352 e. The second kappa shape index (κ2) is 9.17. The van der Waals surface area contributed by atoms with Crippen LogP contribution in [-0.4, -0.2) is 48.9 Å². The number of benzene rings is 1. The van der Waals surface area contributed by atoms with Crippen LogP contribution in [0.25, 0.3) is 0 Å². The second-order valence-electron chi connectivity index (χ2n) is 6.26. The number of hydrogen-bond acceptors (Lipinski definition) is 4. The fraction of sp³-hybridized carbons (Fsp3) is 0.500. The molecule has 1 aliphatic heterocycles. The van der Waals surface area contributed by atoms with Gasteiger partial charge in [0.25, 0.3) is 0 Å². The van der Waals surface area contributed by atoms with E-state index in [1.54, 1.807) is 6.92 Å². The number of urea groups is 1. The minimum atomic E-state index is -0.507. The van der Waals surface area contributed by atoms with Crippen molar-refractivity contribution in [1.29, 1.82) is 0 Å². The highest BCUT2D eigenvalue weighted by atomic mass is 16.2. The number of hydrogen-bond donors (Lipinski definition) is 3. The van der Waals surface area contributed by atoms with Crippen LogP contribution < -0.4 is 16.0 Å². The van der Waals surface area contributed by atoms with Crippen molar-refractivity contribution in [3.05, 3.63) is 35.9 Å². The van der Waals surface area contributed by atoms with Crippen molar-refractivity contribution in [2.45, 2.75) is 32.4 Å². The Bertz CT molecular complexity index is 598. The molecule has 1 heterocycles. The lowest BCUT2D eigenvalue weighted by Crippen LogP contribution is -2.52. The number of piperidine rings is 1. The largest absolute Gasteiger partial charge is 0.352 e. The molecule has 4 amide bonds. The van der Waals surface area contributed by atoms with Gasteiger partial charge in [-0.25, -0.2) is 4.79 Å². The number of likely N-dealkylation sites (tertiary alicyclic amines) is 1. The van der Waals surface area contributed by atoms with E-state index < -0.39 is 12.1 Å². The van der Waals surface area contributed by atoms with Gasteiger partial charge in [-0.05, 0) is 38.4 Å². The highest BCUT2D eigenvalue weighted by Crippen LogP contribution is 2.19. The molecule has 0 spiro atoms. The van der Waals surface area contributed by atoms with Gasteiger partial charge in [-0.1, -0.05) is 30.3 Å². The van der Waals surface area contributed by atoms with Gasteiger partial charge >= 0.3 is 6.03 Å². The lowest BCUT2D eigenvalue weighted by molar-refractivity contribution is -0.128. The van der Waals surface area contributed by atoms with Gasteiger partial charge in [-0.3, -0.25) is 19.8 Å². The highest BCUT2D eigenvalue weighted by Gasteiger charge is 2.30. The SMILES string of the molecule is CNC(=O)NC(=O)C(C)N1CCC(C(=O)NCc2ccccc2)CC1. The van der Waals surface area contributed by atoms with Crippen molar-refractivity contribution < 1.29 is 14.4 Å². The molecule has 0 aliphatic carbocycles. The van der Waals surface area contributed by atoms with Gasteiger partial charge in [-0.2, -0.15) is 0 Å². The van der Waals surface area contributed by atoms with Crippen molar-refractivity contribution in [3.63, 3.8) is 0 Å². The lowest BCUT2D eigenvalue weighted by atomic mass is 9.95. The summed E-state index contributed by atoms with van der Waals surface area (Å²) in [6.45, 7) is 3.62. The molecule has 2 rings (SSSR count). The van der Waals surface area contributed by atoms with E-state index in [4.69, 9.17) is 0 Å². The second-order valence-corrected chi connectivity index (χ2v) is 6.26. The standard InChI is InChI=1S/C18H26N4O3/c1-13(16(23)21-18(25)19-2)22-10-8-15(9-11-22)17(24)20-12-14-6-4-3-5-7-14/h3-7,13,15H,8-12H2,1-2H3,(H,20,24)(H2,19,21,23,25). The van der Waals surface area contributed by atoms with E-state index in [-0.39, 0.29) is 17.7 Å². The molecule has 1 aliphatic rings. The third kappa shape index (κ3) is 5.56. The van der Waals surface area contributed by atoms with E-state index >= 15 is 0 Å². The summed E-state index contributed by atoms with van der Waals surface area (Å²) in [5.41, 5.74) is 1.08. The van der Waals surface area contributed by atoms with Gasteiger partial charge in [0.2, 0.25) is 11.8 Å². The molecule has 25 heavy (non-hydrogen) atoms. The molecule has 1 aromatic rings. The topological polar surface area (TPSA) is 90.5 Å². The summed E-state index contributed by atoms with van der Waals surface area (Å²) in [6, 6.07) is 8.90. The van der Waals surface area contributed by atoms with E-state index in [1.807, 2.05) is 35.2 Å². The fourth-order valence-corrected chi connectivity index (χ4v) is 2.92. The zero-order chi connectivity index (χ0) is 18.2. The first-order valence-corrected chi connectivity index (χ1v) is 8.59. The number of carbonyl (C=O) groups excluding carboxylic acids is 3. The van der Waals surface area contributed by atoms with Gasteiger partial charge in [0, 0.05) is 19.5 Å². The summed E-state index contributed by atoms with van der Waals surface area (Å²) < 4.78 is 0. The lowest BCUT2D eigenvalue weighted by Gasteiger charge is -2.34. The Kier molecular flexibility index (Phi) is 6.94. The van der Waals surface area contributed by atoms with Crippen molar-refractivity contribution in [2.24, 2.45) is 5.92 Å². The first-order chi connectivity index (χ1) is 12.0. The zero-order valence-corrected chi connectivity index (χ0v) is 14.7. The Labute approximate surface area is 148 Å². The van der Waals surface area contributed by atoms with E-state index in [1.165, 1.54) is 7.05 Å². The van der Waals surface area contributed by atoms with Crippen LogP contribution in [-0.2, 0) is 16.1 Å². The predicted octanol–water partition coefficient (Wildman–Crippen LogP) is 0.859. The molecule has 1 saturated heterocycles. The Hall–Kier alpha value is -2.41. The number of amides is 4. The zero-order valence-electron chi connectivity index (χ0n) is 14.7. The summed E-state index contributed by atoms with van der Waals surface area (Å²) >= 11 is 0. The van der Waals surface area contributed by atoms with E-state index in [2.05, 4.69) is 16.0 Å². The van der Waals surface area contributed by atoms with Crippen LogP contribution in [0.3, 0.4) is 0 Å². The summed E-state index contributed by atoms with van der Waals surface area (Å²) in [7, 11) is 1.47. The summed E-state index contributed by atoms with van der Waals surface area (Å²) in [5, 5.41) is 7.63. The molecule has 1 fully saturated rings. The third-order valence-electron chi connectivity index (χ3n) is 4.60. The molecule has 1 aromatic carbocycles. The van der Waals surface area contributed by atoms with E-state index in [0.717, 1.165) is 5.56 Å². The van der Waals surface area contributed by atoms with Crippen LogP contribution in [0, 0.1) is 5.92 Å². The maximum absolute atomic E-state index is 12.3. The van der Waals surface area contributed by atoms with Gasteiger partial charge in [0.05, 0.1) is 6.04 Å². The number of rotatable bonds is 5. The van der Waals surface area contributed by atoms with Crippen LogP contribution in [0.2, 0.25) is 0 Å². The summed E-state index contributed by atoms with van der Waals surface area (Å²) in [6.07, 6.45) is 1.41. The quantitative estimate of drug-likeness (QED) is 0.737. The van der Waals surface area contributed by atoms with Crippen LogP contribution in [0.4, 0.5) is 4.79 Å². The minimum absolute atomic E-state index is 0.0332. The fourth-order valence-electron chi connectivity index (χ4n) is 2.92. The van der Waals surface area contributed by atoms with Gasteiger partial charge in [0.1, 0.15) is 0 Å². The molecule has 3 N–H and O–H groups in total. The van der Waals surface area contributed by atoms with Gasteiger partial charge in [-0.15, -0.1) is 0 Å². The molecule has 0 aromatic heterocycles. The Morgan fingerprint density at radius 1 is 1.16 bits per heavy atom. The van der Waals surface area contributed by atoms with Crippen LogP contribution in [0.15, 0.2) is 30.3 Å². The van der Waals surface area contributed by atoms with Crippen LogP contribution in [0.1, 0.15) is 25.3 Å². The molecule has 1 unspecified atom stereocenters. The Morgan fingerprint density at radius 3 is 2.40 bits per heavy atom. The van der Waals surface area contributed by atoms with Crippen molar-refractivity contribution >= 4 is 17.8 Å². The van der Waals surface area contributed by atoms with Crippen molar-refractivity contribution in [2.75, 3.05) is 20.1 Å². The maximum Gasteiger partial charge on any atom is 0.321 e. The molecular weight excluding hydrogens is 320 g/mol. The van der Waals surface area contributed by atoms with E-state index in [9.17, 15) is 14.4 Å². The average molecular weight is 346 g/mol. The Morgan fingerprint density at radius 2 is 1.80 bits per heavy atom. The first kappa shape index (κ1) is 18.9. The number of carbonyl (C=O) groups is 3. The molecule has 136 valence electrons. The first-order valence-electron chi connectivity index (χ1n) is 8.59. The number of nitrogens with zero attached hydrogens (tertiary/aromatic N) is 1. The predicted molar refractivity (Wildman–Crippen MR) is 94.6 cm³/mol.